The van der Waals surface area contributed by atoms with Crippen molar-refractivity contribution in [2.45, 2.75) is 44.8 Å². The first kappa shape index (κ1) is 21.2. The number of hydrogen-bond donors (Lipinski definition) is 1. The summed E-state index contributed by atoms with van der Waals surface area (Å²) in [4.78, 5) is 14.7. The fraction of sp³-hybridized carbons (Fsp3) is 0.458. The maximum Gasteiger partial charge on any atom is 0.251 e. The van der Waals surface area contributed by atoms with Crippen molar-refractivity contribution in [3.63, 3.8) is 0 Å². The molecule has 1 aliphatic carbocycles. The van der Waals surface area contributed by atoms with Gasteiger partial charge in [0.05, 0.1) is 13.2 Å². The Labute approximate surface area is 174 Å². The lowest BCUT2D eigenvalue weighted by atomic mass is 10.1. The molecule has 0 bridgehead atoms. The number of carbonyl (C=O) groups is 1. The van der Waals surface area contributed by atoms with E-state index in [1.807, 2.05) is 18.2 Å². The van der Waals surface area contributed by atoms with Gasteiger partial charge < -0.3 is 19.7 Å². The summed E-state index contributed by atoms with van der Waals surface area (Å²) in [7, 11) is 3.71. The van der Waals surface area contributed by atoms with Crippen LogP contribution in [0.4, 0.5) is 0 Å². The van der Waals surface area contributed by atoms with Crippen molar-refractivity contribution in [2.75, 3.05) is 27.2 Å². The number of nitrogens with zero attached hydrogens (tertiary/aromatic N) is 1. The van der Waals surface area contributed by atoms with Crippen molar-refractivity contribution >= 4 is 5.91 Å². The molecular weight excluding hydrogens is 364 g/mol. The zero-order valence-electron chi connectivity index (χ0n) is 17.5. The lowest BCUT2D eigenvalue weighted by Gasteiger charge is -2.17. The first-order valence-corrected chi connectivity index (χ1v) is 10.5. The zero-order valence-corrected chi connectivity index (χ0v) is 17.5. The molecule has 0 saturated heterocycles. The van der Waals surface area contributed by atoms with Gasteiger partial charge in [0.1, 0.15) is 0 Å². The summed E-state index contributed by atoms with van der Waals surface area (Å²) in [5, 5.41) is 3.00. The number of ether oxygens (including phenoxy) is 2. The highest BCUT2D eigenvalue weighted by Gasteiger charge is 2.19. The molecule has 0 spiro atoms. The number of hydrogen-bond acceptors (Lipinski definition) is 4. The van der Waals surface area contributed by atoms with Gasteiger partial charge in [-0.3, -0.25) is 4.79 Å². The monoisotopic (exact) mass is 396 g/mol. The molecule has 0 unspecified atom stereocenters. The van der Waals surface area contributed by atoms with E-state index < -0.39 is 0 Å². The molecule has 1 aliphatic rings. The Morgan fingerprint density at radius 2 is 1.86 bits per heavy atom. The van der Waals surface area contributed by atoms with Crippen LogP contribution in [0.15, 0.2) is 48.5 Å². The Morgan fingerprint density at radius 1 is 1.10 bits per heavy atom. The van der Waals surface area contributed by atoms with Gasteiger partial charge in [-0.2, -0.15) is 0 Å². The minimum atomic E-state index is -0.0820. The minimum absolute atomic E-state index is 0.0820. The molecule has 5 nitrogen and oxygen atoms in total. The van der Waals surface area contributed by atoms with Gasteiger partial charge in [-0.05, 0) is 69.5 Å². The van der Waals surface area contributed by atoms with Gasteiger partial charge in [0, 0.05) is 18.7 Å². The quantitative estimate of drug-likeness (QED) is 0.610. The molecule has 0 radical (unpaired) electrons. The molecule has 0 aliphatic heterocycles. The second-order valence-corrected chi connectivity index (χ2v) is 7.72. The predicted octanol–water partition coefficient (Wildman–Crippen LogP) is 4.27. The van der Waals surface area contributed by atoms with E-state index in [-0.39, 0.29) is 12.0 Å². The molecule has 5 heteroatoms. The van der Waals surface area contributed by atoms with Crippen LogP contribution in [-0.4, -0.2) is 44.2 Å². The fourth-order valence-corrected chi connectivity index (χ4v) is 3.72. The Balaban J connectivity index is 1.43. The summed E-state index contributed by atoms with van der Waals surface area (Å²) in [6.07, 6.45) is 5.77. The van der Waals surface area contributed by atoms with E-state index in [2.05, 4.69) is 41.5 Å². The summed E-state index contributed by atoms with van der Waals surface area (Å²) in [6.45, 7) is 2.47. The van der Waals surface area contributed by atoms with Crippen molar-refractivity contribution in [1.82, 2.24) is 10.2 Å². The number of amides is 1. The molecule has 29 heavy (non-hydrogen) atoms. The minimum Gasteiger partial charge on any atom is -0.493 e. The normalized spacial score (nSPS) is 14.2. The topological polar surface area (TPSA) is 50.8 Å². The van der Waals surface area contributed by atoms with Crippen molar-refractivity contribution in [1.29, 1.82) is 0 Å². The highest BCUT2D eigenvalue weighted by atomic mass is 16.5. The van der Waals surface area contributed by atoms with E-state index in [0.29, 0.717) is 17.9 Å². The standard InChI is InChI=1S/C24H32N2O3/c1-26(18-19-9-4-3-5-10-19)16-8-15-25-24(27)20-13-14-22(23(17-20)28-2)29-21-11-6-7-12-21/h3-5,9-10,13-14,17,21H,6-8,11-12,15-16,18H2,1-2H3,(H,25,27). The summed E-state index contributed by atoms with van der Waals surface area (Å²) in [6, 6.07) is 15.8. The third kappa shape index (κ3) is 6.50. The molecular formula is C24H32N2O3. The molecule has 0 aromatic heterocycles. The molecule has 2 aromatic rings. The molecule has 1 amide bonds. The van der Waals surface area contributed by atoms with E-state index >= 15 is 0 Å². The third-order valence-corrected chi connectivity index (χ3v) is 5.32. The van der Waals surface area contributed by atoms with Gasteiger partial charge in [0.2, 0.25) is 0 Å². The Morgan fingerprint density at radius 3 is 2.59 bits per heavy atom. The zero-order chi connectivity index (χ0) is 20.5. The number of methoxy groups -OCH3 is 1. The van der Waals surface area contributed by atoms with Crippen molar-refractivity contribution in [2.24, 2.45) is 0 Å². The van der Waals surface area contributed by atoms with Crippen LogP contribution >= 0.6 is 0 Å². The van der Waals surface area contributed by atoms with E-state index in [1.54, 1.807) is 13.2 Å². The second kappa shape index (κ2) is 10.9. The van der Waals surface area contributed by atoms with Gasteiger partial charge in [-0.15, -0.1) is 0 Å². The van der Waals surface area contributed by atoms with Gasteiger partial charge >= 0.3 is 0 Å². The summed E-state index contributed by atoms with van der Waals surface area (Å²) < 4.78 is 11.5. The summed E-state index contributed by atoms with van der Waals surface area (Å²) in [5.41, 5.74) is 1.89. The van der Waals surface area contributed by atoms with Crippen LogP contribution in [0.25, 0.3) is 0 Å². The lowest BCUT2D eigenvalue weighted by Crippen LogP contribution is -2.28. The lowest BCUT2D eigenvalue weighted by molar-refractivity contribution is 0.0951. The molecule has 0 atom stereocenters. The van der Waals surface area contributed by atoms with Crippen molar-refractivity contribution in [3.8, 4) is 11.5 Å². The van der Waals surface area contributed by atoms with Gasteiger partial charge in [0.25, 0.3) is 5.91 Å². The molecule has 2 aromatic carbocycles. The molecule has 0 heterocycles. The summed E-state index contributed by atoms with van der Waals surface area (Å²) in [5.74, 6) is 1.26. The summed E-state index contributed by atoms with van der Waals surface area (Å²) >= 11 is 0. The highest BCUT2D eigenvalue weighted by Crippen LogP contribution is 2.32. The van der Waals surface area contributed by atoms with Gasteiger partial charge in [-0.1, -0.05) is 30.3 Å². The fourth-order valence-electron chi connectivity index (χ4n) is 3.72. The highest BCUT2D eigenvalue weighted by molar-refractivity contribution is 5.94. The average molecular weight is 397 g/mol. The molecule has 1 N–H and O–H groups in total. The van der Waals surface area contributed by atoms with Gasteiger partial charge in [0.15, 0.2) is 11.5 Å². The van der Waals surface area contributed by atoms with E-state index in [1.165, 1.54) is 18.4 Å². The largest absolute Gasteiger partial charge is 0.493 e. The Bertz CT molecular complexity index is 773. The number of carbonyl (C=O) groups excluding carboxylic acids is 1. The van der Waals surface area contributed by atoms with E-state index in [9.17, 15) is 4.79 Å². The smallest absolute Gasteiger partial charge is 0.251 e. The van der Waals surface area contributed by atoms with E-state index in [0.717, 1.165) is 38.1 Å². The molecule has 1 fully saturated rings. The molecule has 3 rings (SSSR count). The van der Waals surface area contributed by atoms with Crippen LogP contribution in [0.2, 0.25) is 0 Å². The van der Waals surface area contributed by atoms with Crippen molar-refractivity contribution in [3.05, 3.63) is 59.7 Å². The Kier molecular flexibility index (Phi) is 7.94. The number of benzene rings is 2. The molecule has 156 valence electrons. The average Bonchev–Trinajstić information content (AvgIpc) is 3.25. The van der Waals surface area contributed by atoms with Crippen LogP contribution < -0.4 is 14.8 Å². The van der Waals surface area contributed by atoms with Crippen LogP contribution in [0.3, 0.4) is 0 Å². The predicted molar refractivity (Wildman–Crippen MR) is 116 cm³/mol. The van der Waals surface area contributed by atoms with Crippen molar-refractivity contribution < 1.29 is 14.3 Å². The third-order valence-electron chi connectivity index (χ3n) is 5.32. The van der Waals surface area contributed by atoms with Gasteiger partial charge in [-0.25, -0.2) is 0 Å². The maximum absolute atomic E-state index is 12.5. The Hall–Kier alpha value is -2.53. The second-order valence-electron chi connectivity index (χ2n) is 7.72. The first-order valence-electron chi connectivity index (χ1n) is 10.5. The first-order chi connectivity index (χ1) is 14.2. The van der Waals surface area contributed by atoms with Crippen LogP contribution in [0.1, 0.15) is 48.0 Å². The van der Waals surface area contributed by atoms with E-state index in [4.69, 9.17) is 9.47 Å². The maximum atomic E-state index is 12.5. The SMILES string of the molecule is COc1cc(C(=O)NCCCN(C)Cc2ccccc2)ccc1OC1CCCC1. The van der Waals surface area contributed by atoms with Crippen LogP contribution in [0.5, 0.6) is 11.5 Å². The molecule has 1 saturated carbocycles. The number of nitrogens with one attached hydrogen (secondary N) is 1. The van der Waals surface area contributed by atoms with Crippen LogP contribution in [-0.2, 0) is 6.54 Å². The van der Waals surface area contributed by atoms with Crippen LogP contribution in [0, 0.1) is 0 Å². The number of rotatable bonds is 10.